The van der Waals surface area contributed by atoms with Crippen LogP contribution in [0.15, 0.2) is 28.7 Å². The van der Waals surface area contributed by atoms with Crippen LogP contribution in [0.1, 0.15) is 38.2 Å². The smallest absolute Gasteiger partial charge is 0.0834 e. The van der Waals surface area contributed by atoms with E-state index in [-0.39, 0.29) is 5.60 Å². The highest BCUT2D eigenvalue weighted by Crippen LogP contribution is 2.37. The van der Waals surface area contributed by atoms with E-state index in [1.165, 1.54) is 18.4 Å². The van der Waals surface area contributed by atoms with Gasteiger partial charge in [-0.15, -0.1) is 0 Å². The van der Waals surface area contributed by atoms with E-state index in [4.69, 9.17) is 4.74 Å². The van der Waals surface area contributed by atoms with Gasteiger partial charge in [-0.25, -0.2) is 0 Å². The van der Waals surface area contributed by atoms with Crippen LogP contribution in [0, 0.1) is 5.92 Å². The lowest BCUT2D eigenvalue weighted by Crippen LogP contribution is -2.54. The molecule has 20 heavy (non-hydrogen) atoms. The molecule has 0 aliphatic heterocycles. The van der Waals surface area contributed by atoms with Gasteiger partial charge >= 0.3 is 0 Å². The van der Waals surface area contributed by atoms with Crippen LogP contribution >= 0.6 is 15.9 Å². The van der Waals surface area contributed by atoms with E-state index < -0.39 is 0 Å². The van der Waals surface area contributed by atoms with Gasteiger partial charge in [0.15, 0.2) is 0 Å². The zero-order valence-electron chi connectivity index (χ0n) is 12.8. The molecule has 1 aliphatic carbocycles. The van der Waals surface area contributed by atoms with Crippen LogP contribution in [-0.4, -0.2) is 25.8 Å². The van der Waals surface area contributed by atoms with Gasteiger partial charge in [0.25, 0.3) is 0 Å². The number of hydrogen-bond donors (Lipinski definition) is 1. The Bertz CT molecular complexity index is 427. The summed E-state index contributed by atoms with van der Waals surface area (Å²) in [6.07, 6.45) is 5.86. The molecule has 1 aromatic carbocycles. The highest BCUT2D eigenvalue weighted by molar-refractivity contribution is 9.10. The molecule has 1 aromatic rings. The zero-order chi connectivity index (χ0) is 14.6. The van der Waals surface area contributed by atoms with Gasteiger partial charge in [-0.3, -0.25) is 0 Å². The summed E-state index contributed by atoms with van der Waals surface area (Å²) in [5.74, 6) is 0.835. The van der Waals surface area contributed by atoms with Crippen molar-refractivity contribution in [1.29, 1.82) is 0 Å². The third-order valence-electron chi connectivity index (χ3n) is 4.84. The number of ether oxygens (including phenoxy) is 1. The van der Waals surface area contributed by atoms with Crippen LogP contribution in [0.5, 0.6) is 0 Å². The Morgan fingerprint density at radius 3 is 2.65 bits per heavy atom. The molecule has 2 nitrogen and oxygen atoms in total. The van der Waals surface area contributed by atoms with Crippen LogP contribution in [0.25, 0.3) is 0 Å². The lowest BCUT2D eigenvalue weighted by Gasteiger charge is -2.44. The summed E-state index contributed by atoms with van der Waals surface area (Å²) in [6, 6.07) is 8.96. The van der Waals surface area contributed by atoms with Gasteiger partial charge in [0.05, 0.1) is 5.60 Å². The molecule has 0 radical (unpaired) electrons. The third kappa shape index (κ3) is 3.63. The quantitative estimate of drug-likeness (QED) is 0.868. The first-order valence-electron chi connectivity index (χ1n) is 7.56. The van der Waals surface area contributed by atoms with Gasteiger partial charge in [-0.2, -0.15) is 0 Å². The maximum atomic E-state index is 6.01. The summed E-state index contributed by atoms with van der Waals surface area (Å²) in [5, 5.41) is 3.51. The van der Waals surface area contributed by atoms with Gasteiger partial charge in [0.2, 0.25) is 0 Å². The van der Waals surface area contributed by atoms with Crippen LogP contribution in [0.3, 0.4) is 0 Å². The molecular formula is C17H26BrNO. The second-order valence-electron chi connectivity index (χ2n) is 6.13. The van der Waals surface area contributed by atoms with Crippen LogP contribution in [0.2, 0.25) is 0 Å². The van der Waals surface area contributed by atoms with Gasteiger partial charge in [0, 0.05) is 17.6 Å². The molecule has 0 spiro atoms. The molecular weight excluding hydrogens is 314 g/mol. The van der Waals surface area contributed by atoms with Gasteiger partial charge in [-0.05, 0) is 62.8 Å². The Morgan fingerprint density at radius 2 is 2.10 bits per heavy atom. The number of methoxy groups -OCH3 is 1. The van der Waals surface area contributed by atoms with Gasteiger partial charge in [0.1, 0.15) is 0 Å². The fourth-order valence-corrected chi connectivity index (χ4v) is 3.84. The fraction of sp³-hybridized carbons (Fsp3) is 0.647. The predicted octanol–water partition coefficient (Wildman–Crippen LogP) is 4.17. The van der Waals surface area contributed by atoms with Crippen molar-refractivity contribution in [2.45, 2.75) is 50.7 Å². The predicted molar refractivity (Wildman–Crippen MR) is 88.1 cm³/mol. The highest BCUT2D eigenvalue weighted by atomic mass is 79.9. The fourth-order valence-electron chi connectivity index (χ4n) is 3.40. The topological polar surface area (TPSA) is 21.3 Å². The molecule has 3 heteroatoms. The monoisotopic (exact) mass is 339 g/mol. The SMILES string of the molecule is CNC(Cc1cccc(Br)c1)C1(OC)CCC(C)CC1. The van der Waals surface area contributed by atoms with Crippen molar-refractivity contribution in [3.8, 4) is 0 Å². The molecule has 1 aliphatic rings. The molecule has 112 valence electrons. The number of hydrogen-bond acceptors (Lipinski definition) is 2. The molecule has 1 fully saturated rings. The summed E-state index contributed by atoms with van der Waals surface area (Å²) < 4.78 is 7.16. The largest absolute Gasteiger partial charge is 0.377 e. The summed E-state index contributed by atoms with van der Waals surface area (Å²) in [4.78, 5) is 0. The van der Waals surface area contributed by atoms with E-state index in [2.05, 4.69) is 59.5 Å². The maximum absolute atomic E-state index is 6.01. The summed E-state index contributed by atoms with van der Waals surface area (Å²) in [5.41, 5.74) is 1.35. The number of benzene rings is 1. The number of rotatable bonds is 5. The second-order valence-corrected chi connectivity index (χ2v) is 7.04. The normalized spacial score (nSPS) is 28.3. The van der Waals surface area contributed by atoms with Crippen molar-refractivity contribution in [2.24, 2.45) is 5.92 Å². The Labute approximate surface area is 131 Å². The molecule has 1 saturated carbocycles. The van der Waals surface area contributed by atoms with E-state index in [1.54, 1.807) is 0 Å². The first kappa shape index (κ1) is 16.0. The number of nitrogens with one attached hydrogen (secondary N) is 1. The zero-order valence-corrected chi connectivity index (χ0v) is 14.4. The lowest BCUT2D eigenvalue weighted by atomic mass is 9.74. The Morgan fingerprint density at radius 1 is 1.40 bits per heavy atom. The first-order chi connectivity index (χ1) is 9.59. The molecule has 1 atom stereocenters. The molecule has 2 rings (SSSR count). The van der Waals surface area contributed by atoms with Crippen LogP contribution in [0.4, 0.5) is 0 Å². The minimum absolute atomic E-state index is 0.0103. The maximum Gasteiger partial charge on any atom is 0.0834 e. The standard InChI is InChI=1S/C17H26BrNO/c1-13-7-9-17(20-3,10-8-13)16(19-2)12-14-5-4-6-15(18)11-14/h4-6,11,13,16,19H,7-10,12H2,1-3H3. The minimum Gasteiger partial charge on any atom is -0.377 e. The van der Waals surface area contributed by atoms with Crippen molar-refractivity contribution in [3.05, 3.63) is 34.3 Å². The van der Waals surface area contributed by atoms with E-state index in [9.17, 15) is 0 Å². The molecule has 1 N–H and O–H groups in total. The summed E-state index contributed by atoms with van der Waals surface area (Å²) in [6.45, 7) is 2.35. The average Bonchev–Trinajstić information content (AvgIpc) is 2.46. The van der Waals surface area contributed by atoms with Gasteiger partial charge in [-0.1, -0.05) is 35.0 Å². The molecule has 0 bridgehead atoms. The Balaban J connectivity index is 2.13. The van der Waals surface area contributed by atoms with Crippen LogP contribution < -0.4 is 5.32 Å². The lowest BCUT2D eigenvalue weighted by molar-refractivity contribution is -0.0730. The van der Waals surface area contributed by atoms with E-state index >= 15 is 0 Å². The molecule has 0 aromatic heterocycles. The van der Waals surface area contributed by atoms with E-state index in [0.29, 0.717) is 6.04 Å². The van der Waals surface area contributed by atoms with Crippen molar-refractivity contribution in [1.82, 2.24) is 5.32 Å². The second kappa shape index (κ2) is 7.06. The van der Waals surface area contributed by atoms with Crippen molar-refractivity contribution in [3.63, 3.8) is 0 Å². The van der Waals surface area contributed by atoms with Gasteiger partial charge < -0.3 is 10.1 Å². The molecule has 0 amide bonds. The van der Waals surface area contributed by atoms with Crippen molar-refractivity contribution in [2.75, 3.05) is 14.2 Å². The van der Waals surface area contributed by atoms with E-state index in [1.807, 2.05) is 7.11 Å². The Kier molecular flexibility index (Phi) is 5.65. The van der Waals surface area contributed by atoms with Crippen LogP contribution in [-0.2, 0) is 11.2 Å². The highest BCUT2D eigenvalue weighted by Gasteiger charge is 2.40. The molecule has 0 saturated heterocycles. The minimum atomic E-state index is -0.0103. The number of likely N-dealkylation sites (N-methyl/N-ethyl adjacent to an activating group) is 1. The first-order valence-corrected chi connectivity index (χ1v) is 8.36. The Hall–Kier alpha value is -0.380. The van der Waals surface area contributed by atoms with Crippen molar-refractivity contribution >= 4 is 15.9 Å². The molecule has 1 unspecified atom stereocenters. The summed E-state index contributed by atoms with van der Waals surface area (Å²) in [7, 11) is 3.93. The van der Waals surface area contributed by atoms with Crippen molar-refractivity contribution < 1.29 is 4.74 Å². The van der Waals surface area contributed by atoms with E-state index in [0.717, 1.165) is 29.7 Å². The summed E-state index contributed by atoms with van der Waals surface area (Å²) >= 11 is 3.56. The molecule has 0 heterocycles. The number of halogens is 1. The third-order valence-corrected chi connectivity index (χ3v) is 5.33. The average molecular weight is 340 g/mol.